The van der Waals surface area contributed by atoms with E-state index in [1.165, 1.54) is 11.1 Å². The van der Waals surface area contributed by atoms with E-state index >= 15 is 0 Å². The predicted molar refractivity (Wildman–Crippen MR) is 99.5 cm³/mol. The largest absolute Gasteiger partial charge is 0.351 e. The van der Waals surface area contributed by atoms with E-state index in [2.05, 4.69) is 58.5 Å². The van der Waals surface area contributed by atoms with Crippen molar-refractivity contribution < 1.29 is 4.79 Å². The number of fused-ring (bicyclic) bond motifs is 1. The summed E-state index contributed by atoms with van der Waals surface area (Å²) in [6.07, 6.45) is 2.99. The molecule has 1 aromatic carbocycles. The first kappa shape index (κ1) is 17.7. The van der Waals surface area contributed by atoms with E-state index in [1.54, 1.807) is 0 Å². The maximum atomic E-state index is 12.2. The van der Waals surface area contributed by atoms with Crippen LogP contribution in [0.5, 0.6) is 0 Å². The Morgan fingerprint density at radius 3 is 2.92 bits per heavy atom. The Kier molecular flexibility index (Phi) is 5.87. The average molecular weight is 340 g/mol. The fourth-order valence-electron chi connectivity index (χ4n) is 3.36. The molecule has 5 heteroatoms. The molecule has 0 spiro atoms. The third kappa shape index (κ3) is 4.92. The molecule has 2 heterocycles. The maximum Gasteiger partial charge on any atom is 0.271 e. The number of carbonyl (C=O) groups excluding carboxylic acids is 1. The Labute approximate surface area is 149 Å². The fraction of sp³-hybridized carbons (Fsp3) is 0.500. The summed E-state index contributed by atoms with van der Waals surface area (Å²) in [5, 5.41) is 10.0. The highest BCUT2D eigenvalue weighted by Crippen LogP contribution is 2.18. The minimum atomic E-state index is -0.0877. The Bertz CT molecular complexity index is 707. The normalized spacial score (nSPS) is 14.5. The molecule has 1 aliphatic heterocycles. The zero-order valence-corrected chi connectivity index (χ0v) is 15.2. The van der Waals surface area contributed by atoms with Crippen LogP contribution in [0.4, 0.5) is 0 Å². The van der Waals surface area contributed by atoms with Crippen molar-refractivity contribution in [3.8, 4) is 0 Å². The molecule has 0 bridgehead atoms. The summed E-state index contributed by atoms with van der Waals surface area (Å²) in [6.45, 7) is 8.11. The van der Waals surface area contributed by atoms with Gasteiger partial charge < -0.3 is 5.32 Å². The first-order valence-electron chi connectivity index (χ1n) is 9.23. The molecule has 0 atom stereocenters. The van der Waals surface area contributed by atoms with Gasteiger partial charge in [0.1, 0.15) is 5.69 Å². The molecule has 1 amide bonds. The molecule has 134 valence electrons. The van der Waals surface area contributed by atoms with Crippen LogP contribution in [-0.4, -0.2) is 40.6 Å². The summed E-state index contributed by atoms with van der Waals surface area (Å²) < 4.78 is 0. The fourth-order valence-corrected chi connectivity index (χ4v) is 3.36. The van der Waals surface area contributed by atoms with Gasteiger partial charge in [0.2, 0.25) is 0 Å². The number of hydrogen-bond acceptors (Lipinski definition) is 3. The molecule has 3 rings (SSSR count). The van der Waals surface area contributed by atoms with Crippen LogP contribution in [-0.2, 0) is 19.4 Å². The summed E-state index contributed by atoms with van der Waals surface area (Å²) in [5.41, 5.74) is 4.42. The van der Waals surface area contributed by atoms with E-state index in [0.29, 0.717) is 18.2 Å². The minimum Gasteiger partial charge on any atom is -0.351 e. The molecule has 0 fully saturated rings. The summed E-state index contributed by atoms with van der Waals surface area (Å²) in [5.74, 6) is 0.460. The molecule has 0 saturated heterocycles. The van der Waals surface area contributed by atoms with Crippen molar-refractivity contribution in [2.75, 3.05) is 19.6 Å². The van der Waals surface area contributed by atoms with Crippen LogP contribution in [0.1, 0.15) is 47.6 Å². The quantitative estimate of drug-likeness (QED) is 0.762. The smallest absolute Gasteiger partial charge is 0.271 e. The van der Waals surface area contributed by atoms with Gasteiger partial charge in [-0.2, -0.15) is 5.10 Å². The van der Waals surface area contributed by atoms with Crippen molar-refractivity contribution >= 4 is 5.91 Å². The van der Waals surface area contributed by atoms with Gasteiger partial charge >= 0.3 is 0 Å². The molecular weight excluding hydrogens is 312 g/mol. The number of nitrogens with zero attached hydrogens (tertiary/aromatic N) is 2. The summed E-state index contributed by atoms with van der Waals surface area (Å²) >= 11 is 0. The van der Waals surface area contributed by atoms with E-state index in [9.17, 15) is 4.79 Å². The van der Waals surface area contributed by atoms with Gasteiger partial charge in [0, 0.05) is 31.9 Å². The van der Waals surface area contributed by atoms with Gasteiger partial charge in [0.15, 0.2) is 0 Å². The van der Waals surface area contributed by atoms with Gasteiger partial charge in [0.05, 0.1) is 0 Å². The van der Waals surface area contributed by atoms with Crippen LogP contribution < -0.4 is 5.32 Å². The van der Waals surface area contributed by atoms with Gasteiger partial charge in [-0.15, -0.1) is 0 Å². The molecular formula is C20H28N4O. The Balaban J connectivity index is 1.39. The van der Waals surface area contributed by atoms with Crippen molar-refractivity contribution in [1.29, 1.82) is 0 Å². The van der Waals surface area contributed by atoms with E-state index in [-0.39, 0.29) is 5.91 Å². The van der Waals surface area contributed by atoms with E-state index in [0.717, 1.165) is 44.6 Å². The van der Waals surface area contributed by atoms with Crippen LogP contribution >= 0.6 is 0 Å². The van der Waals surface area contributed by atoms with Crippen LogP contribution in [0, 0.1) is 5.92 Å². The number of aromatic nitrogens is 2. The average Bonchev–Trinajstić information content (AvgIpc) is 3.06. The van der Waals surface area contributed by atoms with Crippen LogP contribution in [0.2, 0.25) is 0 Å². The summed E-state index contributed by atoms with van der Waals surface area (Å²) in [6, 6.07) is 10.5. The van der Waals surface area contributed by atoms with Crippen LogP contribution in [0.3, 0.4) is 0 Å². The summed E-state index contributed by atoms with van der Waals surface area (Å²) in [4.78, 5) is 14.6. The highest BCUT2D eigenvalue weighted by Gasteiger charge is 2.15. The topological polar surface area (TPSA) is 61.0 Å². The number of nitrogens with one attached hydrogen (secondary N) is 2. The monoisotopic (exact) mass is 340 g/mol. The molecule has 25 heavy (non-hydrogen) atoms. The van der Waals surface area contributed by atoms with Gasteiger partial charge in [-0.25, -0.2) is 0 Å². The molecule has 2 aromatic rings. The van der Waals surface area contributed by atoms with Crippen molar-refractivity contribution in [1.82, 2.24) is 20.4 Å². The molecule has 1 aliphatic rings. The predicted octanol–water partition coefficient (Wildman–Crippen LogP) is 2.79. The first-order chi connectivity index (χ1) is 12.1. The van der Waals surface area contributed by atoms with Crippen molar-refractivity contribution in [2.24, 2.45) is 5.92 Å². The lowest BCUT2D eigenvalue weighted by Gasteiger charge is -2.28. The minimum absolute atomic E-state index is 0.0877. The van der Waals surface area contributed by atoms with Gasteiger partial charge in [-0.1, -0.05) is 38.1 Å². The Morgan fingerprint density at radius 2 is 2.12 bits per heavy atom. The van der Waals surface area contributed by atoms with E-state index < -0.39 is 0 Å². The van der Waals surface area contributed by atoms with Crippen molar-refractivity contribution in [3.05, 3.63) is 52.8 Å². The highest BCUT2D eigenvalue weighted by molar-refractivity contribution is 5.92. The SMILES string of the molecule is CC(C)Cc1cc(C(=O)NCCCN2CCc3ccccc3C2)n[nH]1. The van der Waals surface area contributed by atoms with E-state index in [1.807, 2.05) is 6.07 Å². The second-order valence-electron chi connectivity index (χ2n) is 7.28. The highest BCUT2D eigenvalue weighted by atomic mass is 16.1. The molecule has 0 radical (unpaired) electrons. The molecule has 1 aromatic heterocycles. The lowest BCUT2D eigenvalue weighted by Crippen LogP contribution is -2.33. The third-order valence-corrected chi connectivity index (χ3v) is 4.64. The first-order valence-corrected chi connectivity index (χ1v) is 9.23. The van der Waals surface area contributed by atoms with Crippen molar-refractivity contribution in [2.45, 2.75) is 39.7 Å². The maximum absolute atomic E-state index is 12.2. The number of carbonyl (C=O) groups is 1. The number of hydrogen-bond donors (Lipinski definition) is 2. The standard InChI is InChI=1S/C20H28N4O/c1-15(2)12-18-13-19(23-22-18)20(25)21-9-5-10-24-11-8-16-6-3-4-7-17(16)14-24/h3-4,6-7,13,15H,5,8-12,14H2,1-2H3,(H,21,25)(H,22,23). The van der Waals surface area contributed by atoms with Gasteiger partial charge in [0.25, 0.3) is 5.91 Å². The Morgan fingerprint density at radius 1 is 1.32 bits per heavy atom. The molecule has 0 unspecified atom stereocenters. The van der Waals surface area contributed by atoms with Crippen LogP contribution in [0.25, 0.3) is 0 Å². The number of amides is 1. The summed E-state index contributed by atoms with van der Waals surface area (Å²) in [7, 11) is 0. The molecule has 5 nitrogen and oxygen atoms in total. The molecule has 0 aliphatic carbocycles. The number of H-pyrrole nitrogens is 1. The second kappa shape index (κ2) is 8.30. The zero-order chi connectivity index (χ0) is 17.6. The van der Waals surface area contributed by atoms with Crippen molar-refractivity contribution in [3.63, 3.8) is 0 Å². The zero-order valence-electron chi connectivity index (χ0n) is 15.2. The van der Waals surface area contributed by atoms with E-state index in [4.69, 9.17) is 0 Å². The van der Waals surface area contributed by atoms with Crippen LogP contribution in [0.15, 0.2) is 30.3 Å². The molecule has 0 saturated carbocycles. The number of aromatic amines is 1. The third-order valence-electron chi connectivity index (χ3n) is 4.64. The Hall–Kier alpha value is -2.14. The molecule has 2 N–H and O–H groups in total. The van der Waals surface area contributed by atoms with Gasteiger partial charge in [-0.05, 0) is 42.4 Å². The number of benzene rings is 1. The second-order valence-corrected chi connectivity index (χ2v) is 7.28. The number of rotatable bonds is 7. The lowest BCUT2D eigenvalue weighted by atomic mass is 10.00. The van der Waals surface area contributed by atoms with Gasteiger partial charge in [-0.3, -0.25) is 14.8 Å². The lowest BCUT2D eigenvalue weighted by molar-refractivity contribution is 0.0946.